The van der Waals surface area contributed by atoms with Crippen LogP contribution in [0.5, 0.6) is 0 Å². The van der Waals surface area contributed by atoms with Crippen molar-refractivity contribution in [3.63, 3.8) is 0 Å². The Hall–Kier alpha value is -1.02. The van der Waals surface area contributed by atoms with Gasteiger partial charge in [-0.15, -0.1) is 0 Å². The van der Waals surface area contributed by atoms with E-state index >= 15 is 0 Å². The van der Waals surface area contributed by atoms with Gasteiger partial charge in [-0.2, -0.15) is 0 Å². The second-order valence-corrected chi connectivity index (χ2v) is 5.78. The molecule has 0 radical (unpaired) electrons. The Morgan fingerprint density at radius 1 is 1.26 bits per heavy atom. The molecule has 0 bridgehead atoms. The number of hydrogen-bond acceptors (Lipinski definition) is 2. The third-order valence-corrected chi connectivity index (χ3v) is 4.32. The number of nitrogens with one attached hydrogen (secondary N) is 1. The highest BCUT2D eigenvalue weighted by Gasteiger charge is 2.20. The zero-order valence-electron chi connectivity index (χ0n) is 12.7. The largest absolute Gasteiger partial charge is 0.371 e. The van der Waals surface area contributed by atoms with Crippen LogP contribution in [0.25, 0.3) is 0 Å². The van der Waals surface area contributed by atoms with Crippen LogP contribution in [0.15, 0.2) is 24.3 Å². The fourth-order valence-corrected chi connectivity index (χ4v) is 2.85. The van der Waals surface area contributed by atoms with E-state index in [-0.39, 0.29) is 0 Å². The van der Waals surface area contributed by atoms with Gasteiger partial charge in [0.15, 0.2) is 0 Å². The average Bonchev–Trinajstić information content (AvgIpc) is 2.94. The molecular formula is C17H28N2. The molecular weight excluding hydrogens is 232 g/mol. The van der Waals surface area contributed by atoms with Gasteiger partial charge in [0, 0.05) is 24.8 Å². The van der Waals surface area contributed by atoms with Gasteiger partial charge in [-0.1, -0.05) is 32.4 Å². The lowest BCUT2D eigenvalue weighted by molar-refractivity contribution is 0.568. The summed E-state index contributed by atoms with van der Waals surface area (Å²) in [5, 5.41) is 3.54. The topological polar surface area (TPSA) is 15.3 Å². The Morgan fingerprint density at radius 3 is 2.58 bits per heavy atom. The number of nitrogens with zero attached hydrogens (tertiary/aromatic N) is 1. The maximum absolute atomic E-state index is 3.54. The van der Waals surface area contributed by atoms with E-state index in [9.17, 15) is 0 Å². The highest BCUT2D eigenvalue weighted by Crippen LogP contribution is 2.26. The number of anilines is 1. The Morgan fingerprint density at radius 2 is 2.00 bits per heavy atom. The predicted molar refractivity (Wildman–Crippen MR) is 83.8 cm³/mol. The molecule has 2 heteroatoms. The summed E-state index contributed by atoms with van der Waals surface area (Å²) in [5.41, 5.74) is 2.78. The quantitative estimate of drug-likeness (QED) is 0.832. The Kier molecular flexibility index (Phi) is 5.26. The molecule has 1 aliphatic heterocycles. The molecule has 0 spiro atoms. The van der Waals surface area contributed by atoms with Crippen molar-refractivity contribution in [3.8, 4) is 0 Å². The van der Waals surface area contributed by atoms with E-state index in [1.165, 1.54) is 43.6 Å². The molecule has 1 aliphatic rings. The van der Waals surface area contributed by atoms with Crippen molar-refractivity contribution in [1.82, 2.24) is 5.32 Å². The van der Waals surface area contributed by atoms with Crippen molar-refractivity contribution in [2.75, 3.05) is 24.5 Å². The van der Waals surface area contributed by atoms with Gasteiger partial charge in [0.25, 0.3) is 0 Å². The van der Waals surface area contributed by atoms with Crippen LogP contribution in [0, 0.1) is 5.92 Å². The Balaban J connectivity index is 1.95. The highest BCUT2D eigenvalue weighted by atomic mass is 15.1. The van der Waals surface area contributed by atoms with Crippen molar-refractivity contribution in [3.05, 3.63) is 29.8 Å². The molecule has 0 saturated carbocycles. The zero-order valence-corrected chi connectivity index (χ0v) is 12.7. The number of rotatable bonds is 6. The smallest absolute Gasteiger partial charge is 0.0366 e. The van der Waals surface area contributed by atoms with E-state index in [4.69, 9.17) is 0 Å². The molecule has 1 heterocycles. The summed E-state index contributed by atoms with van der Waals surface area (Å²) in [4.78, 5) is 2.53. The first-order chi connectivity index (χ1) is 9.24. The first-order valence-corrected chi connectivity index (χ1v) is 7.82. The maximum Gasteiger partial charge on any atom is 0.0366 e. The fourth-order valence-electron chi connectivity index (χ4n) is 2.85. The molecule has 19 heavy (non-hydrogen) atoms. The molecule has 2 atom stereocenters. The van der Waals surface area contributed by atoms with Gasteiger partial charge in [0.2, 0.25) is 0 Å². The van der Waals surface area contributed by atoms with E-state index in [1.807, 2.05) is 0 Å². The van der Waals surface area contributed by atoms with Crippen molar-refractivity contribution in [2.45, 2.75) is 46.1 Å². The molecule has 106 valence electrons. The lowest BCUT2D eigenvalue weighted by Crippen LogP contribution is -2.21. The summed E-state index contributed by atoms with van der Waals surface area (Å²) in [6.07, 6.45) is 3.86. The number of benzene rings is 1. The first kappa shape index (κ1) is 14.4. The Bertz CT molecular complexity index is 371. The molecule has 2 unspecified atom stereocenters. The average molecular weight is 260 g/mol. The van der Waals surface area contributed by atoms with E-state index in [1.54, 1.807) is 0 Å². The minimum atomic E-state index is 0.455. The van der Waals surface area contributed by atoms with Gasteiger partial charge in [0.1, 0.15) is 0 Å². The Labute approximate surface area is 118 Å². The predicted octanol–water partition coefficient (Wildman–Crippen LogP) is 3.98. The summed E-state index contributed by atoms with van der Waals surface area (Å²) >= 11 is 0. The maximum atomic E-state index is 3.54. The first-order valence-electron chi connectivity index (χ1n) is 7.82. The van der Waals surface area contributed by atoms with Crippen molar-refractivity contribution >= 4 is 5.69 Å². The normalized spacial score (nSPS) is 20.8. The molecule has 1 aromatic carbocycles. The molecule has 0 aromatic heterocycles. The molecule has 1 saturated heterocycles. The lowest BCUT2D eigenvalue weighted by Gasteiger charge is -2.20. The van der Waals surface area contributed by atoms with Crippen LogP contribution in [0.3, 0.4) is 0 Å². The van der Waals surface area contributed by atoms with Gasteiger partial charge in [-0.05, 0) is 49.9 Å². The second kappa shape index (κ2) is 6.95. The van der Waals surface area contributed by atoms with Crippen LogP contribution >= 0.6 is 0 Å². The summed E-state index contributed by atoms with van der Waals surface area (Å²) in [5.74, 6) is 0.893. The molecule has 1 fully saturated rings. The minimum absolute atomic E-state index is 0.455. The summed E-state index contributed by atoms with van der Waals surface area (Å²) < 4.78 is 0. The molecule has 0 aliphatic carbocycles. The van der Waals surface area contributed by atoms with E-state index in [2.05, 4.69) is 55.3 Å². The van der Waals surface area contributed by atoms with E-state index in [0.29, 0.717) is 6.04 Å². The highest BCUT2D eigenvalue weighted by molar-refractivity contribution is 5.48. The molecule has 2 nitrogen and oxygen atoms in total. The molecule has 0 amide bonds. The van der Waals surface area contributed by atoms with Crippen LogP contribution in [-0.4, -0.2) is 19.6 Å². The van der Waals surface area contributed by atoms with E-state index in [0.717, 1.165) is 12.5 Å². The molecule has 2 rings (SSSR count). The van der Waals surface area contributed by atoms with E-state index < -0.39 is 0 Å². The van der Waals surface area contributed by atoms with Crippen molar-refractivity contribution in [1.29, 1.82) is 0 Å². The van der Waals surface area contributed by atoms with Crippen LogP contribution < -0.4 is 10.2 Å². The van der Waals surface area contributed by atoms with Crippen LogP contribution in [0.4, 0.5) is 5.69 Å². The third kappa shape index (κ3) is 3.73. The summed E-state index contributed by atoms with van der Waals surface area (Å²) in [6.45, 7) is 10.3. The summed E-state index contributed by atoms with van der Waals surface area (Å²) in [6, 6.07) is 9.59. The third-order valence-electron chi connectivity index (χ3n) is 4.32. The van der Waals surface area contributed by atoms with Crippen molar-refractivity contribution in [2.24, 2.45) is 5.92 Å². The van der Waals surface area contributed by atoms with Crippen LogP contribution in [0.1, 0.15) is 51.6 Å². The van der Waals surface area contributed by atoms with Gasteiger partial charge in [-0.3, -0.25) is 0 Å². The fraction of sp³-hybridized carbons (Fsp3) is 0.647. The van der Waals surface area contributed by atoms with Crippen LogP contribution in [-0.2, 0) is 0 Å². The zero-order chi connectivity index (χ0) is 13.7. The summed E-state index contributed by atoms with van der Waals surface area (Å²) in [7, 11) is 0. The van der Waals surface area contributed by atoms with Gasteiger partial charge < -0.3 is 10.2 Å². The second-order valence-electron chi connectivity index (χ2n) is 5.78. The van der Waals surface area contributed by atoms with Gasteiger partial charge in [-0.25, -0.2) is 0 Å². The number of hydrogen-bond donors (Lipinski definition) is 1. The van der Waals surface area contributed by atoms with Gasteiger partial charge in [0.05, 0.1) is 0 Å². The molecule has 1 aromatic rings. The molecule has 1 N–H and O–H groups in total. The standard InChI is InChI=1S/C17H28N2/c1-4-11-18-14(3)16-6-8-17(9-7-16)19-12-10-15(5-2)13-19/h6-9,14-15,18H,4-5,10-13H2,1-3H3. The monoisotopic (exact) mass is 260 g/mol. The minimum Gasteiger partial charge on any atom is -0.371 e. The lowest BCUT2D eigenvalue weighted by atomic mass is 10.1. The van der Waals surface area contributed by atoms with Crippen LogP contribution in [0.2, 0.25) is 0 Å². The van der Waals surface area contributed by atoms with Crippen molar-refractivity contribution < 1.29 is 0 Å². The van der Waals surface area contributed by atoms with Gasteiger partial charge >= 0.3 is 0 Å². The SMILES string of the molecule is CCCNC(C)c1ccc(N2CCC(CC)C2)cc1.